The summed E-state index contributed by atoms with van der Waals surface area (Å²) < 4.78 is 8.49. The molecule has 0 saturated carbocycles. The van der Waals surface area contributed by atoms with Gasteiger partial charge in [-0.2, -0.15) is 0 Å². The van der Waals surface area contributed by atoms with E-state index in [0.717, 1.165) is 67.4 Å². The summed E-state index contributed by atoms with van der Waals surface area (Å²) in [5.74, 6) is 1.99. The molecular weight excluding hydrogens is 490 g/mol. The molecular formula is C36H39N3O. The normalized spacial score (nSPS) is 11.2. The van der Waals surface area contributed by atoms with Gasteiger partial charge in [-0.1, -0.05) is 123 Å². The first-order chi connectivity index (χ1) is 19.8. The Morgan fingerprint density at radius 2 is 1.30 bits per heavy atom. The molecule has 4 nitrogen and oxygen atoms in total. The molecule has 5 rings (SSSR count). The van der Waals surface area contributed by atoms with E-state index in [1.54, 1.807) is 0 Å². The van der Waals surface area contributed by atoms with Gasteiger partial charge in [0.15, 0.2) is 0 Å². The maximum absolute atomic E-state index is 6.03. The number of aromatic nitrogens is 2. The molecule has 204 valence electrons. The number of ether oxygens (including phenoxy) is 1. The first kappa shape index (κ1) is 27.4. The van der Waals surface area contributed by atoms with Crippen molar-refractivity contribution >= 4 is 0 Å². The van der Waals surface area contributed by atoms with Crippen molar-refractivity contribution in [2.24, 2.45) is 0 Å². The van der Waals surface area contributed by atoms with Crippen molar-refractivity contribution < 1.29 is 4.74 Å². The molecule has 0 unspecified atom stereocenters. The highest BCUT2D eigenvalue weighted by molar-refractivity contribution is 5.68. The quantitative estimate of drug-likeness (QED) is 0.153. The highest BCUT2D eigenvalue weighted by Gasteiger charge is 2.22. The first-order valence-electron chi connectivity index (χ1n) is 14.4. The van der Waals surface area contributed by atoms with Crippen LogP contribution in [-0.4, -0.2) is 21.1 Å². The van der Waals surface area contributed by atoms with E-state index in [1.165, 1.54) is 16.8 Å². The van der Waals surface area contributed by atoms with Crippen molar-refractivity contribution in [3.8, 4) is 28.4 Å². The number of hydrogen-bond acceptors (Lipinski definition) is 3. The number of benzene rings is 4. The lowest BCUT2D eigenvalue weighted by Gasteiger charge is -2.25. The summed E-state index contributed by atoms with van der Waals surface area (Å²) in [4.78, 5) is 7.85. The van der Waals surface area contributed by atoms with Crippen LogP contribution in [0.5, 0.6) is 5.75 Å². The van der Waals surface area contributed by atoms with E-state index in [-0.39, 0.29) is 0 Å². The second-order valence-electron chi connectivity index (χ2n) is 10.1. The summed E-state index contributed by atoms with van der Waals surface area (Å²) in [6.45, 7) is 8.26. The fourth-order valence-electron chi connectivity index (χ4n) is 5.23. The van der Waals surface area contributed by atoms with E-state index in [2.05, 4.69) is 132 Å². The molecule has 1 heterocycles. The summed E-state index contributed by atoms with van der Waals surface area (Å²) >= 11 is 0. The summed E-state index contributed by atoms with van der Waals surface area (Å²) in [6.07, 6.45) is 2.23. The van der Waals surface area contributed by atoms with Crippen LogP contribution < -0.4 is 4.74 Å². The van der Waals surface area contributed by atoms with E-state index in [4.69, 9.17) is 9.72 Å². The van der Waals surface area contributed by atoms with Crippen LogP contribution in [0.3, 0.4) is 0 Å². The lowest BCUT2D eigenvalue weighted by Crippen LogP contribution is -2.25. The number of nitrogens with zero attached hydrogens (tertiary/aromatic N) is 3. The van der Waals surface area contributed by atoms with Gasteiger partial charge in [-0.25, -0.2) is 4.98 Å². The molecule has 0 aliphatic heterocycles. The van der Waals surface area contributed by atoms with E-state index >= 15 is 0 Å². The Morgan fingerprint density at radius 1 is 0.675 bits per heavy atom. The minimum Gasteiger partial charge on any atom is -0.494 e. The molecule has 0 fully saturated rings. The van der Waals surface area contributed by atoms with Gasteiger partial charge in [0.05, 0.1) is 18.0 Å². The van der Waals surface area contributed by atoms with Crippen LogP contribution in [0.1, 0.15) is 43.5 Å². The van der Waals surface area contributed by atoms with E-state index in [0.29, 0.717) is 6.61 Å². The summed E-state index contributed by atoms with van der Waals surface area (Å²) in [5, 5.41) is 0. The minimum absolute atomic E-state index is 0.651. The van der Waals surface area contributed by atoms with Crippen LogP contribution in [0, 0.1) is 0 Å². The molecule has 1 aromatic heterocycles. The maximum Gasteiger partial charge on any atom is 0.140 e. The van der Waals surface area contributed by atoms with Crippen LogP contribution in [0.15, 0.2) is 115 Å². The zero-order chi connectivity index (χ0) is 27.6. The topological polar surface area (TPSA) is 30.3 Å². The molecule has 0 aliphatic carbocycles. The highest BCUT2D eigenvalue weighted by atomic mass is 16.5. The largest absolute Gasteiger partial charge is 0.494 e. The average Bonchev–Trinajstić information content (AvgIpc) is 3.36. The molecule has 0 radical (unpaired) electrons. The minimum atomic E-state index is 0.651. The van der Waals surface area contributed by atoms with Crippen LogP contribution in [0.25, 0.3) is 22.6 Å². The lowest BCUT2D eigenvalue weighted by molar-refractivity contribution is 0.235. The van der Waals surface area contributed by atoms with Gasteiger partial charge in [-0.15, -0.1) is 0 Å². The molecule has 0 spiro atoms. The molecule has 5 aromatic rings. The van der Waals surface area contributed by atoms with Crippen molar-refractivity contribution in [2.75, 3.05) is 6.61 Å². The monoisotopic (exact) mass is 529 g/mol. The fourth-order valence-corrected chi connectivity index (χ4v) is 5.23. The van der Waals surface area contributed by atoms with Crippen molar-refractivity contribution in [1.82, 2.24) is 14.5 Å². The van der Waals surface area contributed by atoms with Crippen LogP contribution in [0.2, 0.25) is 0 Å². The zero-order valence-electron chi connectivity index (χ0n) is 23.7. The average molecular weight is 530 g/mol. The fraction of sp³-hybridized carbons (Fsp3) is 0.250. The Balaban J connectivity index is 1.61. The Labute approximate surface area is 238 Å². The number of unbranched alkanes of at least 4 members (excludes halogenated alkanes) is 1. The SMILES string of the molecule is CCCCn1c(-c2ccccc2)nc(-c2ccccc2)c1CN(Cc1ccccc1)Cc1ccccc1OCC. The van der Waals surface area contributed by atoms with Crippen molar-refractivity contribution in [2.45, 2.75) is 52.9 Å². The van der Waals surface area contributed by atoms with E-state index in [1.807, 2.05) is 6.92 Å². The van der Waals surface area contributed by atoms with E-state index in [9.17, 15) is 0 Å². The van der Waals surface area contributed by atoms with Crippen molar-refractivity contribution in [3.05, 3.63) is 132 Å². The van der Waals surface area contributed by atoms with Crippen molar-refractivity contribution in [3.63, 3.8) is 0 Å². The summed E-state index contributed by atoms with van der Waals surface area (Å²) in [7, 11) is 0. The number of para-hydroxylation sites is 1. The molecule has 0 bridgehead atoms. The molecule has 0 amide bonds. The van der Waals surface area contributed by atoms with E-state index < -0.39 is 0 Å². The standard InChI is InChI=1S/C36H39N3O/c1-3-5-25-39-33(35(30-19-11-7-12-20-30)37-36(39)31-21-13-8-14-22-31)28-38(26-29-17-9-6-10-18-29)27-32-23-15-16-24-34(32)40-4-2/h6-24H,3-5,25-28H2,1-2H3. The Morgan fingerprint density at radius 3 is 1.98 bits per heavy atom. The Kier molecular flexibility index (Phi) is 9.44. The van der Waals surface area contributed by atoms with Crippen LogP contribution in [-0.2, 0) is 26.2 Å². The Hall–Kier alpha value is -4.15. The lowest BCUT2D eigenvalue weighted by atomic mass is 10.1. The van der Waals surface area contributed by atoms with Crippen molar-refractivity contribution in [1.29, 1.82) is 0 Å². The first-order valence-corrected chi connectivity index (χ1v) is 14.4. The summed E-state index contributed by atoms with van der Waals surface area (Å²) in [5.41, 5.74) is 7.11. The Bertz CT molecular complexity index is 1460. The number of imidazole rings is 1. The third-order valence-electron chi connectivity index (χ3n) is 7.18. The van der Waals surface area contributed by atoms with Crippen LogP contribution in [0.4, 0.5) is 0 Å². The van der Waals surface area contributed by atoms with Gasteiger partial charge in [0.25, 0.3) is 0 Å². The molecule has 4 aromatic carbocycles. The van der Waals surface area contributed by atoms with Gasteiger partial charge in [-0.3, -0.25) is 4.90 Å². The van der Waals surface area contributed by atoms with Gasteiger partial charge in [-0.05, 0) is 25.0 Å². The molecule has 0 saturated heterocycles. The van der Waals surface area contributed by atoms with Gasteiger partial charge >= 0.3 is 0 Å². The molecule has 0 atom stereocenters. The van der Waals surface area contributed by atoms with Gasteiger partial charge in [0.2, 0.25) is 0 Å². The molecule has 0 N–H and O–H groups in total. The maximum atomic E-state index is 6.03. The number of rotatable bonds is 13. The van der Waals surface area contributed by atoms with Crippen LogP contribution >= 0.6 is 0 Å². The number of hydrogen-bond donors (Lipinski definition) is 0. The zero-order valence-corrected chi connectivity index (χ0v) is 23.7. The molecule has 4 heteroatoms. The van der Waals surface area contributed by atoms with Gasteiger partial charge < -0.3 is 9.30 Å². The molecule has 0 aliphatic rings. The van der Waals surface area contributed by atoms with Gasteiger partial charge in [0.1, 0.15) is 11.6 Å². The third-order valence-corrected chi connectivity index (χ3v) is 7.18. The van der Waals surface area contributed by atoms with Gasteiger partial charge in [0, 0.05) is 42.9 Å². The smallest absolute Gasteiger partial charge is 0.140 e. The predicted molar refractivity (Wildman–Crippen MR) is 165 cm³/mol. The third kappa shape index (κ3) is 6.70. The predicted octanol–water partition coefficient (Wildman–Crippen LogP) is 8.62. The highest BCUT2D eigenvalue weighted by Crippen LogP contribution is 2.32. The summed E-state index contributed by atoms with van der Waals surface area (Å²) in [6, 6.07) is 40.4. The second kappa shape index (κ2) is 13.8. The second-order valence-corrected chi connectivity index (χ2v) is 10.1. The molecule has 40 heavy (non-hydrogen) atoms.